The summed E-state index contributed by atoms with van der Waals surface area (Å²) in [6.07, 6.45) is 1.23. The van der Waals surface area contributed by atoms with Gasteiger partial charge in [-0.2, -0.15) is 11.8 Å². The Bertz CT molecular complexity index is 726. The summed E-state index contributed by atoms with van der Waals surface area (Å²) in [7, 11) is 1.72. The van der Waals surface area contributed by atoms with E-state index in [-0.39, 0.29) is 5.54 Å². The Morgan fingerprint density at radius 1 is 1.19 bits per heavy atom. The first kappa shape index (κ1) is 22.6. The van der Waals surface area contributed by atoms with Gasteiger partial charge in [-0.1, -0.05) is 6.07 Å². The topological polar surface area (TPSA) is 52.6 Å². The maximum absolute atomic E-state index is 5.61. The maximum atomic E-state index is 5.61. The van der Waals surface area contributed by atoms with E-state index in [0.717, 1.165) is 77.3 Å². The highest BCUT2D eigenvalue weighted by atomic mass is 32.2. The Morgan fingerprint density at radius 3 is 2.68 bits per heavy atom. The van der Waals surface area contributed by atoms with Crippen LogP contribution in [-0.2, 0) is 4.74 Å². The Morgan fingerprint density at radius 2 is 2.00 bits per heavy atom. The first-order valence-electron chi connectivity index (χ1n) is 11.6. The van der Waals surface area contributed by atoms with Crippen LogP contribution in [0.5, 0.6) is 5.75 Å². The number of morpholine rings is 1. The number of hydrogen-bond donors (Lipinski definition) is 1. The fourth-order valence-corrected chi connectivity index (χ4v) is 6.21. The van der Waals surface area contributed by atoms with Crippen LogP contribution in [0.25, 0.3) is 0 Å². The highest BCUT2D eigenvalue weighted by Gasteiger charge is 2.40. The monoisotopic (exact) mass is 447 g/mol. The van der Waals surface area contributed by atoms with Gasteiger partial charge in [-0.3, -0.25) is 9.89 Å². The molecule has 0 spiro atoms. The first-order chi connectivity index (χ1) is 15.2. The number of nitrogens with zero attached hydrogens (tertiary/aromatic N) is 4. The number of methoxy groups -OCH3 is 1. The van der Waals surface area contributed by atoms with Crippen molar-refractivity contribution in [1.29, 1.82) is 0 Å². The lowest BCUT2D eigenvalue weighted by Gasteiger charge is -2.42. The van der Waals surface area contributed by atoms with Gasteiger partial charge in [0.1, 0.15) is 5.75 Å². The number of benzene rings is 1. The number of guanidine groups is 1. The van der Waals surface area contributed by atoms with Crippen LogP contribution in [0.15, 0.2) is 29.3 Å². The summed E-state index contributed by atoms with van der Waals surface area (Å²) in [5.41, 5.74) is 1.42. The molecule has 1 aromatic rings. The smallest absolute Gasteiger partial charge is 0.194 e. The number of thioether (sulfide) groups is 1. The predicted molar refractivity (Wildman–Crippen MR) is 130 cm³/mol. The zero-order chi connectivity index (χ0) is 21.5. The van der Waals surface area contributed by atoms with Crippen LogP contribution in [0.1, 0.15) is 13.3 Å². The lowest BCUT2D eigenvalue weighted by atomic mass is 9.96. The molecule has 31 heavy (non-hydrogen) atoms. The van der Waals surface area contributed by atoms with Crippen LogP contribution in [0, 0.1) is 0 Å². The van der Waals surface area contributed by atoms with Crippen molar-refractivity contribution in [2.75, 3.05) is 89.1 Å². The van der Waals surface area contributed by atoms with Crippen molar-refractivity contribution in [3.8, 4) is 5.75 Å². The van der Waals surface area contributed by atoms with Crippen molar-refractivity contribution in [2.45, 2.75) is 18.9 Å². The minimum Gasteiger partial charge on any atom is -0.497 e. The highest BCUT2D eigenvalue weighted by Crippen LogP contribution is 2.34. The Labute approximate surface area is 191 Å². The molecular formula is C23H37N5O2S. The molecule has 0 saturated carbocycles. The summed E-state index contributed by atoms with van der Waals surface area (Å²) in [6.45, 7) is 11.6. The number of piperazine rings is 1. The van der Waals surface area contributed by atoms with E-state index in [1.807, 2.05) is 6.07 Å². The third-order valence-corrected chi connectivity index (χ3v) is 7.85. The van der Waals surface area contributed by atoms with Crippen LogP contribution in [0.2, 0.25) is 0 Å². The van der Waals surface area contributed by atoms with E-state index >= 15 is 0 Å². The van der Waals surface area contributed by atoms with Gasteiger partial charge in [0.2, 0.25) is 0 Å². The predicted octanol–water partition coefficient (Wildman–Crippen LogP) is 1.99. The largest absolute Gasteiger partial charge is 0.497 e. The maximum Gasteiger partial charge on any atom is 0.194 e. The Kier molecular flexibility index (Phi) is 7.85. The Hall–Kier alpha value is -1.64. The number of anilines is 1. The minimum absolute atomic E-state index is 0.192. The van der Waals surface area contributed by atoms with Crippen LogP contribution >= 0.6 is 11.8 Å². The van der Waals surface area contributed by atoms with Crippen molar-refractivity contribution >= 4 is 23.4 Å². The lowest BCUT2D eigenvalue weighted by Crippen LogP contribution is -2.57. The molecule has 0 radical (unpaired) electrons. The minimum atomic E-state index is 0.192. The zero-order valence-corrected chi connectivity index (χ0v) is 19.8. The number of aliphatic imine (C=N–C) groups is 1. The van der Waals surface area contributed by atoms with E-state index in [2.05, 4.69) is 56.9 Å². The van der Waals surface area contributed by atoms with Gasteiger partial charge in [-0.15, -0.1) is 0 Å². The SMILES string of the molecule is CCNC(=NCC1(N2CCOCC2)CCSC1)N1CCN(c2cccc(OC)c2)CC1. The molecule has 3 heterocycles. The fourth-order valence-electron chi connectivity index (χ4n) is 4.74. The van der Waals surface area contributed by atoms with Crippen LogP contribution in [-0.4, -0.2) is 105 Å². The van der Waals surface area contributed by atoms with Crippen LogP contribution in [0.3, 0.4) is 0 Å². The molecule has 3 aliphatic heterocycles. The summed E-state index contributed by atoms with van der Waals surface area (Å²) in [5.74, 6) is 4.40. The van der Waals surface area contributed by atoms with Gasteiger partial charge in [0, 0.05) is 63.3 Å². The fraction of sp³-hybridized carbons (Fsp3) is 0.696. The van der Waals surface area contributed by atoms with Gasteiger partial charge in [0.25, 0.3) is 0 Å². The second-order valence-corrected chi connectivity index (χ2v) is 9.58. The van der Waals surface area contributed by atoms with Gasteiger partial charge < -0.3 is 24.6 Å². The summed E-state index contributed by atoms with van der Waals surface area (Å²) in [6, 6.07) is 8.36. The number of ether oxygens (including phenoxy) is 2. The highest BCUT2D eigenvalue weighted by molar-refractivity contribution is 7.99. The van der Waals surface area contributed by atoms with Gasteiger partial charge in [-0.25, -0.2) is 0 Å². The average Bonchev–Trinajstić information content (AvgIpc) is 3.33. The molecule has 1 aromatic carbocycles. The zero-order valence-electron chi connectivity index (χ0n) is 19.0. The normalized spacial score (nSPS) is 25.7. The number of rotatable bonds is 6. The molecular weight excluding hydrogens is 410 g/mol. The van der Waals surface area contributed by atoms with Gasteiger partial charge in [0.15, 0.2) is 5.96 Å². The standard InChI is InChI=1S/C23H37N5O2S/c1-3-24-22(25-18-23(7-16-31-19-23)28-12-14-30-15-13-28)27-10-8-26(9-11-27)20-5-4-6-21(17-20)29-2/h4-6,17H,3,7-16,18-19H2,1-2H3,(H,24,25). The molecule has 0 aliphatic carbocycles. The van der Waals surface area contributed by atoms with Crippen molar-refractivity contribution in [3.05, 3.63) is 24.3 Å². The molecule has 0 bridgehead atoms. The molecule has 0 amide bonds. The molecule has 4 rings (SSSR count). The summed E-state index contributed by atoms with van der Waals surface area (Å²) >= 11 is 2.07. The third kappa shape index (κ3) is 5.41. The molecule has 0 aromatic heterocycles. The van der Waals surface area contributed by atoms with E-state index in [4.69, 9.17) is 14.5 Å². The molecule has 3 fully saturated rings. The van der Waals surface area contributed by atoms with Gasteiger partial charge >= 0.3 is 0 Å². The molecule has 1 N–H and O–H groups in total. The summed E-state index contributed by atoms with van der Waals surface area (Å²) in [5, 5.41) is 3.56. The van der Waals surface area contributed by atoms with Crippen molar-refractivity contribution in [1.82, 2.24) is 15.1 Å². The number of nitrogens with one attached hydrogen (secondary N) is 1. The summed E-state index contributed by atoms with van der Waals surface area (Å²) < 4.78 is 11.0. The second-order valence-electron chi connectivity index (χ2n) is 8.47. The first-order valence-corrected chi connectivity index (χ1v) is 12.7. The van der Waals surface area contributed by atoms with Gasteiger partial charge in [-0.05, 0) is 31.2 Å². The third-order valence-electron chi connectivity index (χ3n) is 6.62. The lowest BCUT2D eigenvalue weighted by molar-refractivity contribution is -0.0105. The average molecular weight is 448 g/mol. The van der Waals surface area contributed by atoms with Crippen LogP contribution in [0.4, 0.5) is 5.69 Å². The van der Waals surface area contributed by atoms with E-state index in [1.54, 1.807) is 7.11 Å². The van der Waals surface area contributed by atoms with Gasteiger partial charge in [0.05, 0.1) is 32.4 Å². The van der Waals surface area contributed by atoms with E-state index in [1.165, 1.54) is 23.6 Å². The van der Waals surface area contributed by atoms with Crippen molar-refractivity contribution in [3.63, 3.8) is 0 Å². The molecule has 1 unspecified atom stereocenters. The van der Waals surface area contributed by atoms with E-state index in [9.17, 15) is 0 Å². The van der Waals surface area contributed by atoms with E-state index in [0.29, 0.717) is 0 Å². The number of hydrogen-bond acceptors (Lipinski definition) is 6. The van der Waals surface area contributed by atoms with E-state index < -0.39 is 0 Å². The molecule has 172 valence electrons. The van der Waals surface area contributed by atoms with Crippen molar-refractivity contribution < 1.29 is 9.47 Å². The summed E-state index contributed by atoms with van der Waals surface area (Å²) in [4.78, 5) is 12.7. The van der Waals surface area contributed by atoms with Crippen molar-refractivity contribution in [2.24, 2.45) is 4.99 Å². The molecule has 3 aliphatic rings. The molecule has 1 atom stereocenters. The molecule has 8 heteroatoms. The molecule has 3 saturated heterocycles. The Balaban J connectivity index is 1.40. The quantitative estimate of drug-likeness (QED) is 0.529. The second kappa shape index (κ2) is 10.8. The van der Waals surface area contributed by atoms with Crippen LogP contribution < -0.4 is 15.0 Å². The molecule has 7 nitrogen and oxygen atoms in total.